The summed E-state index contributed by atoms with van der Waals surface area (Å²) >= 11 is 5.94. The Morgan fingerprint density at radius 3 is 2.61 bits per heavy atom. The van der Waals surface area contributed by atoms with Crippen LogP contribution in [0.3, 0.4) is 0 Å². The smallest absolute Gasteiger partial charge is 0.156 e. The van der Waals surface area contributed by atoms with E-state index < -0.39 is 0 Å². The third-order valence-electron chi connectivity index (χ3n) is 3.76. The van der Waals surface area contributed by atoms with E-state index in [4.69, 9.17) is 21.8 Å². The Hall–Kier alpha value is -2.56. The maximum atomic E-state index is 5.94. The minimum absolute atomic E-state index is 0.389. The van der Waals surface area contributed by atoms with Crippen molar-refractivity contribution in [2.45, 2.75) is 6.54 Å². The lowest BCUT2D eigenvalue weighted by atomic mass is 10.2. The summed E-state index contributed by atoms with van der Waals surface area (Å²) in [5.41, 5.74) is 9.34. The second kappa shape index (κ2) is 5.57. The van der Waals surface area contributed by atoms with Crippen LogP contribution in [-0.4, -0.2) is 9.78 Å². The van der Waals surface area contributed by atoms with E-state index in [2.05, 4.69) is 5.10 Å². The zero-order valence-electron chi connectivity index (χ0n) is 12.2. The van der Waals surface area contributed by atoms with Crippen LogP contribution in [-0.2, 0) is 6.54 Å². The highest BCUT2D eigenvalue weighted by molar-refractivity contribution is 6.30. The van der Waals surface area contributed by atoms with Crippen LogP contribution in [0.2, 0.25) is 5.02 Å². The van der Waals surface area contributed by atoms with E-state index in [1.54, 1.807) is 4.68 Å². The second-order valence-electron chi connectivity index (χ2n) is 5.28. The molecule has 0 saturated heterocycles. The van der Waals surface area contributed by atoms with Crippen LogP contribution in [0.4, 0.5) is 0 Å². The number of hydrogen-bond donors (Lipinski definition) is 1. The van der Waals surface area contributed by atoms with Crippen LogP contribution in [0, 0.1) is 0 Å². The van der Waals surface area contributed by atoms with Gasteiger partial charge in [0.2, 0.25) is 0 Å². The fourth-order valence-electron chi connectivity index (χ4n) is 2.59. The van der Waals surface area contributed by atoms with E-state index in [1.807, 2.05) is 60.8 Å². The standard InChI is InChI=1S/C18H14ClN3O/c19-14-5-7-15(8-6-14)22-11-13(10-20)18(21-22)17-9-12-3-1-2-4-16(12)23-17/h1-9,11H,10,20H2. The number of halogens is 1. The van der Waals surface area contributed by atoms with Gasteiger partial charge in [-0.2, -0.15) is 5.10 Å². The average Bonchev–Trinajstić information content (AvgIpc) is 3.19. The fraction of sp³-hybridized carbons (Fsp3) is 0.0556. The maximum Gasteiger partial charge on any atom is 0.156 e. The zero-order chi connectivity index (χ0) is 15.8. The molecule has 0 spiro atoms. The van der Waals surface area contributed by atoms with Gasteiger partial charge in [-0.25, -0.2) is 4.68 Å². The molecule has 4 nitrogen and oxygen atoms in total. The summed E-state index contributed by atoms with van der Waals surface area (Å²) in [5, 5.41) is 6.39. The van der Waals surface area contributed by atoms with Gasteiger partial charge in [0, 0.05) is 28.7 Å². The van der Waals surface area contributed by atoms with Gasteiger partial charge in [0.05, 0.1) is 5.69 Å². The van der Waals surface area contributed by atoms with E-state index >= 15 is 0 Å². The van der Waals surface area contributed by atoms with Gasteiger partial charge in [-0.15, -0.1) is 0 Å². The molecule has 0 aliphatic heterocycles. The molecular weight excluding hydrogens is 310 g/mol. The number of aromatic nitrogens is 2. The van der Waals surface area contributed by atoms with Gasteiger partial charge in [0.25, 0.3) is 0 Å². The first-order chi connectivity index (χ1) is 11.2. The number of benzene rings is 2. The van der Waals surface area contributed by atoms with Gasteiger partial charge in [-0.3, -0.25) is 0 Å². The first kappa shape index (κ1) is 14.1. The van der Waals surface area contributed by atoms with Crippen LogP contribution in [0.5, 0.6) is 0 Å². The third kappa shape index (κ3) is 2.52. The molecule has 114 valence electrons. The van der Waals surface area contributed by atoms with Crippen molar-refractivity contribution in [3.05, 3.63) is 71.4 Å². The number of nitrogens with zero attached hydrogens (tertiary/aromatic N) is 2. The molecule has 2 N–H and O–H groups in total. The van der Waals surface area contributed by atoms with Crippen LogP contribution in [0.1, 0.15) is 5.56 Å². The SMILES string of the molecule is NCc1cn(-c2ccc(Cl)cc2)nc1-c1cc2ccccc2o1. The van der Waals surface area contributed by atoms with E-state index in [1.165, 1.54) is 0 Å². The maximum absolute atomic E-state index is 5.94. The highest BCUT2D eigenvalue weighted by atomic mass is 35.5. The molecule has 0 aliphatic carbocycles. The number of rotatable bonds is 3. The molecule has 4 rings (SSSR count). The summed E-state index contributed by atoms with van der Waals surface area (Å²) in [5.74, 6) is 0.722. The predicted molar refractivity (Wildman–Crippen MR) is 91.7 cm³/mol. The van der Waals surface area contributed by atoms with Crippen molar-refractivity contribution in [3.8, 4) is 17.1 Å². The molecule has 0 amide bonds. The van der Waals surface area contributed by atoms with Crippen LogP contribution in [0.25, 0.3) is 28.1 Å². The summed E-state index contributed by atoms with van der Waals surface area (Å²) in [6, 6.07) is 17.4. The number of nitrogens with two attached hydrogens (primary N) is 1. The summed E-state index contributed by atoms with van der Waals surface area (Å²) < 4.78 is 7.71. The Balaban J connectivity index is 1.83. The summed E-state index contributed by atoms with van der Waals surface area (Å²) in [6.07, 6.45) is 1.92. The minimum Gasteiger partial charge on any atom is -0.454 e. The minimum atomic E-state index is 0.389. The topological polar surface area (TPSA) is 57.0 Å². The summed E-state index contributed by atoms with van der Waals surface area (Å²) in [7, 11) is 0. The first-order valence-electron chi connectivity index (χ1n) is 7.28. The van der Waals surface area contributed by atoms with Gasteiger partial charge in [0.15, 0.2) is 5.76 Å². The van der Waals surface area contributed by atoms with Crippen molar-refractivity contribution >= 4 is 22.6 Å². The predicted octanol–water partition coefficient (Wildman–Crippen LogP) is 4.40. The number of fused-ring (bicyclic) bond motifs is 1. The summed E-state index contributed by atoms with van der Waals surface area (Å²) in [6.45, 7) is 0.389. The van der Waals surface area contributed by atoms with Gasteiger partial charge < -0.3 is 10.2 Å². The van der Waals surface area contributed by atoms with Crippen molar-refractivity contribution in [2.24, 2.45) is 5.73 Å². The van der Waals surface area contributed by atoms with E-state index in [0.29, 0.717) is 11.6 Å². The number of para-hydroxylation sites is 1. The molecule has 23 heavy (non-hydrogen) atoms. The number of furan rings is 1. The lowest BCUT2D eigenvalue weighted by Gasteiger charge is -2.00. The van der Waals surface area contributed by atoms with Gasteiger partial charge in [-0.05, 0) is 36.4 Å². The van der Waals surface area contributed by atoms with E-state index in [0.717, 1.165) is 33.7 Å². The molecule has 0 bridgehead atoms. The van der Waals surface area contributed by atoms with Crippen LogP contribution < -0.4 is 5.73 Å². The van der Waals surface area contributed by atoms with Gasteiger partial charge in [0.1, 0.15) is 11.3 Å². The Labute approximate surface area is 138 Å². The molecule has 0 radical (unpaired) electrons. The van der Waals surface area contributed by atoms with Gasteiger partial charge >= 0.3 is 0 Å². The molecule has 0 fully saturated rings. The van der Waals surface area contributed by atoms with Crippen molar-refractivity contribution in [1.82, 2.24) is 9.78 Å². The fourth-order valence-corrected chi connectivity index (χ4v) is 2.72. The molecule has 5 heteroatoms. The molecule has 0 atom stereocenters. The van der Waals surface area contributed by atoms with E-state index in [-0.39, 0.29) is 0 Å². The van der Waals surface area contributed by atoms with Crippen molar-refractivity contribution in [2.75, 3.05) is 0 Å². The molecular formula is C18H14ClN3O. The molecule has 4 aromatic rings. The molecule has 2 heterocycles. The van der Waals surface area contributed by atoms with Crippen LogP contribution >= 0.6 is 11.6 Å². The van der Waals surface area contributed by atoms with Crippen molar-refractivity contribution < 1.29 is 4.42 Å². The Morgan fingerprint density at radius 2 is 1.87 bits per heavy atom. The largest absolute Gasteiger partial charge is 0.454 e. The average molecular weight is 324 g/mol. The Morgan fingerprint density at radius 1 is 1.09 bits per heavy atom. The van der Waals surface area contributed by atoms with Crippen LogP contribution in [0.15, 0.2) is 65.2 Å². The summed E-state index contributed by atoms with van der Waals surface area (Å²) in [4.78, 5) is 0. The Kier molecular flexibility index (Phi) is 3.41. The zero-order valence-corrected chi connectivity index (χ0v) is 13.0. The molecule has 2 aromatic heterocycles. The Bertz CT molecular complexity index is 937. The highest BCUT2D eigenvalue weighted by Gasteiger charge is 2.15. The third-order valence-corrected chi connectivity index (χ3v) is 4.01. The molecule has 0 unspecified atom stereocenters. The van der Waals surface area contributed by atoms with E-state index in [9.17, 15) is 0 Å². The monoisotopic (exact) mass is 323 g/mol. The highest BCUT2D eigenvalue weighted by Crippen LogP contribution is 2.29. The molecule has 2 aromatic carbocycles. The van der Waals surface area contributed by atoms with Crippen molar-refractivity contribution in [3.63, 3.8) is 0 Å². The quantitative estimate of drug-likeness (QED) is 0.608. The lowest BCUT2D eigenvalue weighted by Crippen LogP contribution is -1.96. The lowest BCUT2D eigenvalue weighted by molar-refractivity contribution is 0.626. The molecule has 0 saturated carbocycles. The van der Waals surface area contributed by atoms with Gasteiger partial charge in [-0.1, -0.05) is 29.8 Å². The number of hydrogen-bond acceptors (Lipinski definition) is 3. The van der Waals surface area contributed by atoms with Crippen molar-refractivity contribution in [1.29, 1.82) is 0 Å². The first-order valence-corrected chi connectivity index (χ1v) is 7.66. The molecule has 0 aliphatic rings. The normalized spacial score (nSPS) is 11.2. The second-order valence-corrected chi connectivity index (χ2v) is 5.71.